The number of carbonyl (C=O) groups is 1. The standard InChI is InChI=1S/C18H17FN2O2/c1-11(22)14-4-2-3-5-16(14)21-18(23)8-12-10-20-17-9-13(19)6-7-15(12)17/h2-7,9-11,20,22H,8H2,1H3,(H,21,23). The number of hydrogen-bond donors (Lipinski definition) is 3. The van der Waals surface area contributed by atoms with Crippen LogP contribution in [0.2, 0.25) is 0 Å². The van der Waals surface area contributed by atoms with Crippen molar-refractivity contribution < 1.29 is 14.3 Å². The summed E-state index contributed by atoms with van der Waals surface area (Å²) < 4.78 is 13.2. The summed E-state index contributed by atoms with van der Waals surface area (Å²) in [5, 5.41) is 13.4. The summed E-state index contributed by atoms with van der Waals surface area (Å²) in [6, 6.07) is 11.6. The maximum absolute atomic E-state index is 13.2. The molecule has 3 aromatic rings. The minimum atomic E-state index is -0.664. The maximum Gasteiger partial charge on any atom is 0.228 e. The Balaban J connectivity index is 1.79. The molecule has 0 saturated heterocycles. The molecule has 23 heavy (non-hydrogen) atoms. The van der Waals surface area contributed by atoms with Crippen molar-refractivity contribution >= 4 is 22.5 Å². The Bertz CT molecular complexity index is 855. The van der Waals surface area contributed by atoms with Gasteiger partial charge in [0.25, 0.3) is 0 Å². The fourth-order valence-electron chi connectivity index (χ4n) is 2.65. The van der Waals surface area contributed by atoms with E-state index in [2.05, 4.69) is 10.3 Å². The summed E-state index contributed by atoms with van der Waals surface area (Å²) in [5.41, 5.74) is 2.73. The predicted octanol–water partition coefficient (Wildman–Crippen LogP) is 3.54. The number of halogens is 1. The van der Waals surface area contributed by atoms with Crippen LogP contribution in [-0.4, -0.2) is 16.0 Å². The maximum atomic E-state index is 13.2. The Hall–Kier alpha value is -2.66. The number of para-hydroxylation sites is 1. The first-order valence-corrected chi connectivity index (χ1v) is 7.37. The number of aliphatic hydroxyl groups is 1. The smallest absolute Gasteiger partial charge is 0.228 e. The monoisotopic (exact) mass is 312 g/mol. The molecule has 2 aromatic carbocycles. The second kappa shape index (κ2) is 6.22. The molecule has 118 valence electrons. The van der Waals surface area contributed by atoms with E-state index in [4.69, 9.17) is 0 Å². The van der Waals surface area contributed by atoms with E-state index in [0.29, 0.717) is 16.8 Å². The Kier molecular flexibility index (Phi) is 4.12. The van der Waals surface area contributed by atoms with Gasteiger partial charge in [-0.05, 0) is 36.8 Å². The predicted molar refractivity (Wildman–Crippen MR) is 87.7 cm³/mol. The lowest BCUT2D eigenvalue weighted by molar-refractivity contribution is -0.115. The molecule has 0 fully saturated rings. The third-order valence-electron chi connectivity index (χ3n) is 3.77. The lowest BCUT2D eigenvalue weighted by Crippen LogP contribution is -2.16. The summed E-state index contributed by atoms with van der Waals surface area (Å²) in [4.78, 5) is 15.3. The molecular formula is C18H17FN2O2. The zero-order valence-corrected chi connectivity index (χ0v) is 12.6. The number of aromatic nitrogens is 1. The summed E-state index contributed by atoms with van der Waals surface area (Å²) >= 11 is 0. The van der Waals surface area contributed by atoms with Gasteiger partial charge in [0.2, 0.25) is 5.91 Å². The van der Waals surface area contributed by atoms with Crippen molar-refractivity contribution in [3.05, 3.63) is 65.6 Å². The van der Waals surface area contributed by atoms with Crippen LogP contribution in [0.25, 0.3) is 10.9 Å². The van der Waals surface area contributed by atoms with Crippen LogP contribution in [0.5, 0.6) is 0 Å². The Morgan fingerprint density at radius 2 is 2.09 bits per heavy atom. The van der Waals surface area contributed by atoms with Gasteiger partial charge in [-0.3, -0.25) is 4.79 Å². The summed E-state index contributed by atoms with van der Waals surface area (Å²) in [7, 11) is 0. The fourth-order valence-corrected chi connectivity index (χ4v) is 2.65. The normalized spacial score (nSPS) is 12.3. The third-order valence-corrected chi connectivity index (χ3v) is 3.77. The molecule has 0 aliphatic carbocycles. The number of benzene rings is 2. The fraction of sp³-hybridized carbons (Fsp3) is 0.167. The first kappa shape index (κ1) is 15.2. The topological polar surface area (TPSA) is 65.1 Å². The second-order valence-corrected chi connectivity index (χ2v) is 5.49. The van der Waals surface area contributed by atoms with Crippen molar-refractivity contribution in [2.24, 2.45) is 0 Å². The van der Waals surface area contributed by atoms with Gasteiger partial charge < -0.3 is 15.4 Å². The number of aromatic amines is 1. The highest BCUT2D eigenvalue weighted by molar-refractivity contribution is 5.96. The van der Waals surface area contributed by atoms with E-state index in [0.717, 1.165) is 10.9 Å². The number of carbonyl (C=O) groups excluding carboxylic acids is 1. The Labute approximate surface area is 133 Å². The van der Waals surface area contributed by atoms with Crippen LogP contribution in [-0.2, 0) is 11.2 Å². The van der Waals surface area contributed by atoms with Crippen LogP contribution < -0.4 is 5.32 Å². The highest BCUT2D eigenvalue weighted by Gasteiger charge is 2.13. The molecule has 1 amide bonds. The number of rotatable bonds is 4. The van der Waals surface area contributed by atoms with E-state index in [1.807, 2.05) is 6.07 Å². The molecule has 1 heterocycles. The van der Waals surface area contributed by atoms with E-state index in [1.54, 1.807) is 37.4 Å². The van der Waals surface area contributed by atoms with Crippen molar-refractivity contribution in [2.45, 2.75) is 19.4 Å². The van der Waals surface area contributed by atoms with Gasteiger partial charge in [-0.1, -0.05) is 18.2 Å². The van der Waals surface area contributed by atoms with E-state index in [9.17, 15) is 14.3 Å². The number of hydrogen-bond acceptors (Lipinski definition) is 2. The molecule has 0 radical (unpaired) electrons. The van der Waals surface area contributed by atoms with Crippen molar-refractivity contribution in [1.29, 1.82) is 0 Å². The summed E-state index contributed by atoms with van der Waals surface area (Å²) in [5.74, 6) is -0.510. The van der Waals surface area contributed by atoms with Gasteiger partial charge in [-0.25, -0.2) is 4.39 Å². The van der Waals surface area contributed by atoms with E-state index in [-0.39, 0.29) is 18.1 Å². The minimum absolute atomic E-state index is 0.166. The number of H-pyrrole nitrogens is 1. The van der Waals surface area contributed by atoms with E-state index < -0.39 is 6.10 Å². The molecule has 0 bridgehead atoms. The Morgan fingerprint density at radius 1 is 1.30 bits per heavy atom. The highest BCUT2D eigenvalue weighted by atomic mass is 19.1. The average Bonchev–Trinajstić information content (AvgIpc) is 2.89. The third kappa shape index (κ3) is 3.24. The molecule has 4 nitrogen and oxygen atoms in total. The van der Waals surface area contributed by atoms with Crippen LogP contribution in [0.3, 0.4) is 0 Å². The lowest BCUT2D eigenvalue weighted by Gasteiger charge is -2.12. The molecule has 0 aliphatic heterocycles. The molecule has 0 spiro atoms. The summed E-state index contributed by atoms with van der Waals surface area (Å²) in [6.45, 7) is 1.65. The van der Waals surface area contributed by atoms with Crippen LogP contribution in [0.1, 0.15) is 24.2 Å². The van der Waals surface area contributed by atoms with Gasteiger partial charge in [0, 0.05) is 28.4 Å². The van der Waals surface area contributed by atoms with Gasteiger partial charge in [-0.15, -0.1) is 0 Å². The van der Waals surface area contributed by atoms with Gasteiger partial charge in [-0.2, -0.15) is 0 Å². The number of amides is 1. The molecule has 3 rings (SSSR count). The first-order valence-electron chi connectivity index (χ1n) is 7.37. The van der Waals surface area contributed by atoms with Crippen LogP contribution >= 0.6 is 0 Å². The van der Waals surface area contributed by atoms with E-state index >= 15 is 0 Å². The molecule has 0 aliphatic rings. The first-order chi connectivity index (χ1) is 11.0. The summed E-state index contributed by atoms with van der Waals surface area (Å²) in [6.07, 6.45) is 1.21. The SMILES string of the molecule is CC(O)c1ccccc1NC(=O)Cc1c[nH]c2cc(F)ccc12. The molecule has 0 saturated carbocycles. The molecular weight excluding hydrogens is 295 g/mol. The van der Waals surface area contributed by atoms with Crippen LogP contribution in [0.15, 0.2) is 48.7 Å². The quantitative estimate of drug-likeness (QED) is 0.690. The Morgan fingerprint density at radius 3 is 2.87 bits per heavy atom. The number of fused-ring (bicyclic) bond motifs is 1. The minimum Gasteiger partial charge on any atom is -0.389 e. The molecule has 3 N–H and O–H groups in total. The lowest BCUT2D eigenvalue weighted by atomic mass is 10.1. The zero-order chi connectivity index (χ0) is 16.4. The van der Waals surface area contributed by atoms with Gasteiger partial charge >= 0.3 is 0 Å². The average molecular weight is 312 g/mol. The van der Waals surface area contributed by atoms with Gasteiger partial charge in [0.15, 0.2) is 0 Å². The number of aliphatic hydroxyl groups excluding tert-OH is 1. The molecule has 5 heteroatoms. The molecule has 1 atom stereocenters. The van der Waals surface area contributed by atoms with Gasteiger partial charge in [0.05, 0.1) is 12.5 Å². The largest absolute Gasteiger partial charge is 0.389 e. The number of nitrogens with one attached hydrogen (secondary N) is 2. The van der Waals surface area contributed by atoms with Crippen molar-refractivity contribution in [3.63, 3.8) is 0 Å². The molecule has 1 unspecified atom stereocenters. The zero-order valence-electron chi connectivity index (χ0n) is 12.6. The highest BCUT2D eigenvalue weighted by Crippen LogP contribution is 2.23. The van der Waals surface area contributed by atoms with E-state index in [1.165, 1.54) is 12.1 Å². The van der Waals surface area contributed by atoms with Crippen LogP contribution in [0.4, 0.5) is 10.1 Å². The van der Waals surface area contributed by atoms with Gasteiger partial charge in [0.1, 0.15) is 5.82 Å². The van der Waals surface area contributed by atoms with Crippen molar-refractivity contribution in [2.75, 3.05) is 5.32 Å². The van der Waals surface area contributed by atoms with Crippen LogP contribution in [0, 0.1) is 5.82 Å². The van der Waals surface area contributed by atoms with Crippen molar-refractivity contribution in [3.8, 4) is 0 Å². The number of anilines is 1. The second-order valence-electron chi connectivity index (χ2n) is 5.49. The molecule has 1 aromatic heterocycles. The van der Waals surface area contributed by atoms with Crippen molar-refractivity contribution in [1.82, 2.24) is 4.98 Å².